The molecule has 23 heavy (non-hydrogen) atoms. The van der Waals surface area contributed by atoms with Crippen LogP contribution in [0.4, 0.5) is 5.69 Å². The highest BCUT2D eigenvalue weighted by molar-refractivity contribution is 6.33. The minimum absolute atomic E-state index is 0.0322. The minimum atomic E-state index is 0.0322. The van der Waals surface area contributed by atoms with Crippen LogP contribution < -0.4 is 4.90 Å². The van der Waals surface area contributed by atoms with Gasteiger partial charge >= 0.3 is 0 Å². The van der Waals surface area contributed by atoms with Gasteiger partial charge in [0.15, 0.2) is 0 Å². The van der Waals surface area contributed by atoms with Crippen molar-refractivity contribution in [2.24, 2.45) is 5.92 Å². The Labute approximate surface area is 142 Å². The second kappa shape index (κ2) is 7.49. The number of aromatic nitrogens is 1. The van der Waals surface area contributed by atoms with Gasteiger partial charge < -0.3 is 14.5 Å². The maximum atomic E-state index is 12.8. The van der Waals surface area contributed by atoms with Crippen molar-refractivity contribution in [2.45, 2.75) is 32.3 Å². The van der Waals surface area contributed by atoms with E-state index < -0.39 is 0 Å². The standard InChI is InChI=1S/C17H24ClN3O2/c1-2-16-13(4-3-11-23-16)17(22)21-9-7-20(8-10-21)15-5-6-19-12-14(15)18/h5-6,12-13,16H,2-4,7-11H2,1H3/t13-,16-/m1/s1. The van der Waals surface area contributed by atoms with Gasteiger partial charge in [-0.3, -0.25) is 9.78 Å². The SMILES string of the molecule is CC[C@H]1OCCC[C@H]1C(=O)N1CCN(c2ccncc2Cl)CC1. The number of carbonyl (C=O) groups is 1. The molecular weight excluding hydrogens is 314 g/mol. The zero-order chi connectivity index (χ0) is 16.2. The topological polar surface area (TPSA) is 45.7 Å². The number of carbonyl (C=O) groups excluding carboxylic acids is 1. The summed E-state index contributed by atoms with van der Waals surface area (Å²) in [5.74, 6) is 0.293. The van der Waals surface area contributed by atoms with Crippen LogP contribution in [0.1, 0.15) is 26.2 Å². The predicted octanol–water partition coefficient (Wildman–Crippen LogP) is 2.59. The maximum absolute atomic E-state index is 12.8. The average molecular weight is 338 g/mol. The van der Waals surface area contributed by atoms with Crippen LogP contribution in [0.2, 0.25) is 5.02 Å². The van der Waals surface area contributed by atoms with Crippen LogP contribution in [0.5, 0.6) is 0 Å². The fourth-order valence-electron chi connectivity index (χ4n) is 3.55. The van der Waals surface area contributed by atoms with Crippen LogP contribution in [0.25, 0.3) is 0 Å². The summed E-state index contributed by atoms with van der Waals surface area (Å²) in [7, 11) is 0. The Kier molecular flexibility index (Phi) is 5.38. The summed E-state index contributed by atoms with van der Waals surface area (Å²) < 4.78 is 5.78. The van der Waals surface area contributed by atoms with Crippen molar-refractivity contribution in [3.8, 4) is 0 Å². The van der Waals surface area contributed by atoms with Crippen LogP contribution in [-0.4, -0.2) is 54.7 Å². The van der Waals surface area contributed by atoms with E-state index in [9.17, 15) is 4.79 Å². The van der Waals surface area contributed by atoms with Crippen molar-refractivity contribution >= 4 is 23.2 Å². The Balaban J connectivity index is 1.60. The van der Waals surface area contributed by atoms with Gasteiger partial charge in [0, 0.05) is 45.2 Å². The van der Waals surface area contributed by atoms with Gasteiger partial charge in [0.2, 0.25) is 5.91 Å². The summed E-state index contributed by atoms with van der Waals surface area (Å²) in [6.07, 6.45) is 6.35. The lowest BCUT2D eigenvalue weighted by Gasteiger charge is -2.40. The molecule has 0 bridgehead atoms. The Morgan fingerprint density at radius 2 is 2.17 bits per heavy atom. The van der Waals surface area contributed by atoms with E-state index in [1.807, 2.05) is 11.0 Å². The number of piperazine rings is 1. The highest BCUT2D eigenvalue weighted by Crippen LogP contribution is 2.28. The third-order valence-corrected chi connectivity index (χ3v) is 5.13. The van der Waals surface area contributed by atoms with Crippen LogP contribution in [0.15, 0.2) is 18.5 Å². The van der Waals surface area contributed by atoms with E-state index in [-0.39, 0.29) is 17.9 Å². The molecule has 2 aliphatic rings. The molecule has 3 rings (SSSR count). The normalized spacial score (nSPS) is 25.5. The Hall–Kier alpha value is -1.33. The van der Waals surface area contributed by atoms with Crippen molar-refractivity contribution in [1.29, 1.82) is 0 Å². The summed E-state index contributed by atoms with van der Waals surface area (Å²) in [5, 5.41) is 0.666. The Bertz CT molecular complexity index is 546. The first-order valence-electron chi connectivity index (χ1n) is 8.45. The fraction of sp³-hybridized carbons (Fsp3) is 0.647. The molecule has 0 saturated carbocycles. The van der Waals surface area contributed by atoms with Gasteiger partial charge in [0.05, 0.1) is 22.7 Å². The first kappa shape index (κ1) is 16.5. The van der Waals surface area contributed by atoms with Crippen LogP contribution in [0.3, 0.4) is 0 Å². The molecule has 2 saturated heterocycles. The first-order valence-corrected chi connectivity index (χ1v) is 8.83. The first-order chi connectivity index (χ1) is 11.2. The van der Waals surface area contributed by atoms with E-state index in [4.69, 9.17) is 16.3 Å². The molecule has 0 aromatic carbocycles. The molecule has 0 unspecified atom stereocenters. The number of ether oxygens (including phenoxy) is 1. The molecule has 0 aliphatic carbocycles. The summed E-state index contributed by atoms with van der Waals surface area (Å²) in [4.78, 5) is 21.1. The van der Waals surface area contributed by atoms with E-state index >= 15 is 0 Å². The van der Waals surface area contributed by atoms with Crippen LogP contribution in [-0.2, 0) is 9.53 Å². The number of hydrogen-bond donors (Lipinski definition) is 0. The third-order valence-electron chi connectivity index (χ3n) is 4.84. The van der Waals surface area contributed by atoms with Gasteiger partial charge in [-0.25, -0.2) is 0 Å². The summed E-state index contributed by atoms with van der Waals surface area (Å²) in [5.41, 5.74) is 1.00. The summed E-state index contributed by atoms with van der Waals surface area (Å²) in [6.45, 7) is 5.98. The van der Waals surface area contributed by atoms with E-state index in [0.29, 0.717) is 5.02 Å². The predicted molar refractivity (Wildman–Crippen MR) is 90.8 cm³/mol. The lowest BCUT2D eigenvalue weighted by molar-refractivity contribution is -0.145. The second-order valence-corrected chi connectivity index (χ2v) is 6.61. The van der Waals surface area contributed by atoms with Gasteiger partial charge in [-0.05, 0) is 25.3 Å². The molecule has 1 amide bonds. The quantitative estimate of drug-likeness (QED) is 0.850. The van der Waals surface area contributed by atoms with Crippen molar-refractivity contribution in [1.82, 2.24) is 9.88 Å². The molecule has 1 aromatic rings. The van der Waals surface area contributed by atoms with Gasteiger partial charge in [-0.1, -0.05) is 18.5 Å². The lowest BCUT2D eigenvalue weighted by atomic mass is 9.91. The van der Waals surface area contributed by atoms with Crippen molar-refractivity contribution in [3.05, 3.63) is 23.5 Å². The molecule has 1 aromatic heterocycles. The monoisotopic (exact) mass is 337 g/mol. The number of hydrogen-bond acceptors (Lipinski definition) is 4. The summed E-state index contributed by atoms with van der Waals surface area (Å²) in [6, 6.07) is 1.93. The smallest absolute Gasteiger partial charge is 0.228 e. The fourth-order valence-corrected chi connectivity index (χ4v) is 3.79. The molecule has 0 radical (unpaired) electrons. The van der Waals surface area contributed by atoms with E-state index in [0.717, 1.165) is 57.7 Å². The van der Waals surface area contributed by atoms with Crippen molar-refractivity contribution in [3.63, 3.8) is 0 Å². The van der Waals surface area contributed by atoms with Gasteiger partial charge in [0.25, 0.3) is 0 Å². The Morgan fingerprint density at radius 3 is 2.87 bits per heavy atom. The lowest BCUT2D eigenvalue weighted by Crippen LogP contribution is -2.52. The number of amides is 1. The summed E-state index contributed by atoms with van der Waals surface area (Å²) >= 11 is 6.21. The number of pyridine rings is 1. The highest BCUT2D eigenvalue weighted by Gasteiger charge is 2.34. The molecule has 6 heteroatoms. The number of rotatable bonds is 3. The minimum Gasteiger partial charge on any atom is -0.377 e. The second-order valence-electron chi connectivity index (χ2n) is 6.21. The molecule has 5 nitrogen and oxygen atoms in total. The Morgan fingerprint density at radius 1 is 1.39 bits per heavy atom. The largest absolute Gasteiger partial charge is 0.377 e. The van der Waals surface area contributed by atoms with E-state index in [1.54, 1.807) is 12.4 Å². The zero-order valence-electron chi connectivity index (χ0n) is 13.6. The van der Waals surface area contributed by atoms with E-state index in [1.165, 1.54) is 0 Å². The number of halogens is 1. The zero-order valence-corrected chi connectivity index (χ0v) is 14.3. The molecule has 126 valence electrons. The number of anilines is 1. The molecule has 0 N–H and O–H groups in total. The average Bonchev–Trinajstić information content (AvgIpc) is 2.61. The maximum Gasteiger partial charge on any atom is 0.228 e. The molecule has 2 atom stereocenters. The number of nitrogens with zero attached hydrogens (tertiary/aromatic N) is 3. The van der Waals surface area contributed by atoms with Crippen LogP contribution >= 0.6 is 11.6 Å². The van der Waals surface area contributed by atoms with Crippen molar-refractivity contribution < 1.29 is 9.53 Å². The molecule has 2 aliphatic heterocycles. The highest BCUT2D eigenvalue weighted by atomic mass is 35.5. The van der Waals surface area contributed by atoms with Gasteiger partial charge in [-0.15, -0.1) is 0 Å². The van der Waals surface area contributed by atoms with Gasteiger partial charge in [0.1, 0.15) is 0 Å². The molecular formula is C17H24ClN3O2. The molecule has 3 heterocycles. The molecule has 0 spiro atoms. The van der Waals surface area contributed by atoms with Crippen LogP contribution in [0, 0.1) is 5.92 Å². The van der Waals surface area contributed by atoms with Gasteiger partial charge in [-0.2, -0.15) is 0 Å². The third kappa shape index (κ3) is 3.61. The van der Waals surface area contributed by atoms with E-state index in [2.05, 4.69) is 16.8 Å². The van der Waals surface area contributed by atoms with Crippen molar-refractivity contribution in [2.75, 3.05) is 37.7 Å². The molecule has 2 fully saturated rings.